The van der Waals surface area contributed by atoms with E-state index in [1.165, 1.54) is 0 Å². The second-order valence-corrected chi connectivity index (χ2v) is 6.51. The average molecular weight is 264 g/mol. The van der Waals surface area contributed by atoms with Gasteiger partial charge in [0.15, 0.2) is 6.10 Å². The summed E-state index contributed by atoms with van der Waals surface area (Å²) in [7, 11) is 0. The number of ether oxygens (including phenoxy) is 1. The number of hydrogen-bond acceptors (Lipinski definition) is 4. The minimum atomic E-state index is -1.25. The molecular weight excluding hydrogens is 244 g/mol. The molecule has 0 saturated heterocycles. The lowest BCUT2D eigenvalue weighted by Gasteiger charge is -2.56. The summed E-state index contributed by atoms with van der Waals surface area (Å²) in [4.78, 5) is 23.8. The Morgan fingerprint density at radius 1 is 1.26 bits per heavy atom. The van der Waals surface area contributed by atoms with Crippen molar-refractivity contribution in [2.24, 2.45) is 11.3 Å². The lowest BCUT2D eigenvalue weighted by atomic mass is 9.51. The summed E-state index contributed by atoms with van der Waals surface area (Å²) < 4.78 is 5.42. The Labute approximate surface area is 112 Å². The third-order valence-corrected chi connectivity index (χ3v) is 5.71. The third kappa shape index (κ3) is 1.38. The molecule has 19 heavy (non-hydrogen) atoms. The normalized spacial score (nSPS) is 45.9. The van der Waals surface area contributed by atoms with E-state index in [1.807, 2.05) is 6.92 Å². The molecule has 3 rings (SSSR count). The van der Waals surface area contributed by atoms with E-state index in [1.54, 1.807) is 13.8 Å². The molecule has 4 nitrogen and oxygen atoms in total. The zero-order valence-corrected chi connectivity index (χ0v) is 11.7. The first-order chi connectivity index (χ1) is 8.81. The van der Waals surface area contributed by atoms with Crippen LogP contribution in [0.1, 0.15) is 46.5 Å². The smallest absolute Gasteiger partial charge is 0.334 e. The van der Waals surface area contributed by atoms with Crippen LogP contribution in [-0.4, -0.2) is 28.6 Å². The first-order valence-electron chi connectivity index (χ1n) is 6.97. The molecule has 2 saturated carbocycles. The number of carbonyl (C=O) groups excluding carboxylic acids is 2. The number of carbonyl (C=O) groups is 2. The third-order valence-electron chi connectivity index (χ3n) is 5.71. The number of Topliss-reactive ketones (excluding diaryl/α,β-unsaturated/α-hetero) is 1. The number of ketones is 1. The summed E-state index contributed by atoms with van der Waals surface area (Å²) >= 11 is 0. The molecule has 1 heterocycles. The molecule has 2 unspecified atom stereocenters. The van der Waals surface area contributed by atoms with Crippen molar-refractivity contribution in [3.05, 3.63) is 11.1 Å². The standard InChI is InChI=1S/C15H20O4/c1-8-10-4-6-14(3)7-5-11(16)9(2)15(14,18)12(10)19-13(8)17/h9,12,18H,4-7H2,1-3H3/t9?,12-,14?,15-/m0/s1. The Morgan fingerprint density at radius 3 is 2.58 bits per heavy atom. The molecule has 0 aromatic rings. The highest BCUT2D eigenvalue weighted by Crippen LogP contribution is 2.58. The summed E-state index contributed by atoms with van der Waals surface area (Å²) in [5.74, 6) is -0.755. The van der Waals surface area contributed by atoms with Gasteiger partial charge in [-0.3, -0.25) is 4.79 Å². The lowest BCUT2D eigenvalue weighted by Crippen LogP contribution is -2.66. The van der Waals surface area contributed by atoms with Crippen molar-refractivity contribution in [1.29, 1.82) is 0 Å². The highest BCUT2D eigenvalue weighted by atomic mass is 16.6. The minimum absolute atomic E-state index is 0.0711. The Kier molecular flexibility index (Phi) is 2.50. The maximum Gasteiger partial charge on any atom is 0.334 e. The fraction of sp³-hybridized carbons (Fsp3) is 0.733. The molecule has 4 heteroatoms. The van der Waals surface area contributed by atoms with Crippen LogP contribution in [-0.2, 0) is 14.3 Å². The van der Waals surface area contributed by atoms with Crippen LogP contribution in [0.15, 0.2) is 11.1 Å². The van der Waals surface area contributed by atoms with Crippen molar-refractivity contribution in [2.75, 3.05) is 0 Å². The average Bonchev–Trinajstić information content (AvgIpc) is 2.66. The minimum Gasteiger partial charge on any atom is -0.451 e. The van der Waals surface area contributed by atoms with E-state index in [9.17, 15) is 14.7 Å². The number of fused-ring (bicyclic) bond motifs is 3. The zero-order valence-electron chi connectivity index (χ0n) is 11.7. The van der Waals surface area contributed by atoms with E-state index in [2.05, 4.69) is 0 Å². The van der Waals surface area contributed by atoms with Gasteiger partial charge < -0.3 is 9.84 Å². The van der Waals surface area contributed by atoms with Crippen LogP contribution >= 0.6 is 0 Å². The summed E-state index contributed by atoms with van der Waals surface area (Å²) in [5.41, 5.74) is -0.0832. The van der Waals surface area contributed by atoms with Gasteiger partial charge in [-0.2, -0.15) is 0 Å². The molecule has 0 spiro atoms. The van der Waals surface area contributed by atoms with Crippen molar-refractivity contribution in [3.8, 4) is 0 Å². The van der Waals surface area contributed by atoms with Gasteiger partial charge >= 0.3 is 5.97 Å². The second-order valence-electron chi connectivity index (χ2n) is 6.51. The summed E-state index contributed by atoms with van der Waals surface area (Å²) in [6.45, 7) is 5.54. The molecule has 2 fully saturated rings. The quantitative estimate of drug-likeness (QED) is 0.677. The predicted octanol–water partition coefficient (Wildman–Crippen LogP) is 1.76. The highest BCUT2D eigenvalue weighted by molar-refractivity contribution is 5.92. The molecule has 0 bridgehead atoms. The Hall–Kier alpha value is -1.16. The molecule has 104 valence electrons. The van der Waals surface area contributed by atoms with Gasteiger partial charge in [0.1, 0.15) is 11.4 Å². The van der Waals surface area contributed by atoms with Crippen LogP contribution in [0.3, 0.4) is 0 Å². The van der Waals surface area contributed by atoms with E-state index >= 15 is 0 Å². The summed E-state index contributed by atoms with van der Waals surface area (Å²) in [6, 6.07) is 0. The summed E-state index contributed by atoms with van der Waals surface area (Å²) in [6.07, 6.45) is 2.15. The fourth-order valence-electron chi connectivity index (χ4n) is 4.13. The van der Waals surface area contributed by atoms with Crippen molar-refractivity contribution < 1.29 is 19.4 Å². The molecule has 3 aliphatic rings. The number of hydrogen-bond donors (Lipinski definition) is 1. The van der Waals surface area contributed by atoms with Crippen LogP contribution < -0.4 is 0 Å². The van der Waals surface area contributed by atoms with Crippen molar-refractivity contribution >= 4 is 11.8 Å². The Bertz CT molecular complexity index is 506. The van der Waals surface area contributed by atoms with Crippen molar-refractivity contribution in [2.45, 2.75) is 58.2 Å². The molecule has 1 aliphatic heterocycles. The molecule has 2 aliphatic carbocycles. The largest absolute Gasteiger partial charge is 0.451 e. The molecule has 4 atom stereocenters. The molecule has 0 amide bonds. The number of esters is 1. The van der Waals surface area contributed by atoms with E-state index in [0.29, 0.717) is 18.4 Å². The molecule has 0 aromatic heterocycles. The molecule has 0 radical (unpaired) electrons. The van der Waals surface area contributed by atoms with E-state index in [0.717, 1.165) is 18.4 Å². The van der Waals surface area contributed by atoms with Gasteiger partial charge in [-0.1, -0.05) is 13.8 Å². The van der Waals surface area contributed by atoms with Crippen LogP contribution in [0, 0.1) is 11.3 Å². The molecule has 0 aromatic carbocycles. The van der Waals surface area contributed by atoms with Crippen molar-refractivity contribution in [3.63, 3.8) is 0 Å². The summed E-state index contributed by atoms with van der Waals surface area (Å²) in [5, 5.41) is 11.3. The maximum atomic E-state index is 12.0. The number of rotatable bonds is 0. The van der Waals surface area contributed by atoms with Gasteiger partial charge in [-0.05, 0) is 31.8 Å². The molecule has 1 N–H and O–H groups in total. The monoisotopic (exact) mass is 264 g/mol. The van der Waals surface area contributed by atoms with E-state index < -0.39 is 17.6 Å². The predicted molar refractivity (Wildman–Crippen MR) is 68.3 cm³/mol. The van der Waals surface area contributed by atoms with Crippen LogP contribution in [0.2, 0.25) is 0 Å². The topological polar surface area (TPSA) is 63.6 Å². The van der Waals surface area contributed by atoms with Crippen molar-refractivity contribution in [1.82, 2.24) is 0 Å². The highest BCUT2D eigenvalue weighted by Gasteiger charge is 2.65. The fourth-order valence-corrected chi connectivity index (χ4v) is 4.13. The molecular formula is C15H20O4. The SMILES string of the molecule is CC1=C2CCC3(C)CCC(=O)C(C)[C@]3(O)[C@H]2OC1=O. The van der Waals surface area contributed by atoms with Gasteiger partial charge in [0.25, 0.3) is 0 Å². The van der Waals surface area contributed by atoms with Gasteiger partial charge in [-0.15, -0.1) is 0 Å². The maximum absolute atomic E-state index is 12.0. The van der Waals surface area contributed by atoms with E-state index in [4.69, 9.17) is 4.74 Å². The van der Waals surface area contributed by atoms with Crippen LogP contribution in [0.4, 0.5) is 0 Å². The first kappa shape index (κ1) is 12.9. The Morgan fingerprint density at radius 2 is 1.89 bits per heavy atom. The van der Waals surface area contributed by atoms with Crippen LogP contribution in [0.5, 0.6) is 0 Å². The van der Waals surface area contributed by atoms with Gasteiger partial charge in [-0.25, -0.2) is 4.79 Å². The van der Waals surface area contributed by atoms with Gasteiger partial charge in [0.2, 0.25) is 0 Å². The Balaban J connectivity index is 2.12. The lowest BCUT2D eigenvalue weighted by molar-refractivity contribution is -0.211. The second kappa shape index (κ2) is 3.69. The first-order valence-corrected chi connectivity index (χ1v) is 6.97. The van der Waals surface area contributed by atoms with Gasteiger partial charge in [0.05, 0.1) is 0 Å². The number of aliphatic hydroxyl groups is 1. The van der Waals surface area contributed by atoms with Crippen LogP contribution in [0.25, 0.3) is 0 Å². The van der Waals surface area contributed by atoms with E-state index in [-0.39, 0.29) is 17.2 Å². The zero-order chi connectivity index (χ0) is 14.0. The van der Waals surface area contributed by atoms with Gasteiger partial charge in [0, 0.05) is 23.3 Å².